The molecule has 0 atom stereocenters. The Morgan fingerprint density at radius 1 is 0.789 bits per heavy atom. The van der Waals surface area contributed by atoms with E-state index < -0.39 is 8.07 Å². The van der Waals surface area contributed by atoms with Gasteiger partial charge in [0, 0.05) is 4.88 Å². The lowest BCUT2D eigenvalue weighted by Crippen LogP contribution is -2.34. The van der Waals surface area contributed by atoms with Crippen LogP contribution < -0.4 is 4.50 Å². The molecule has 0 nitrogen and oxygen atoms in total. The van der Waals surface area contributed by atoms with Crippen LogP contribution in [0.2, 0.25) is 19.6 Å². The van der Waals surface area contributed by atoms with E-state index in [2.05, 4.69) is 74.2 Å². The average Bonchev–Trinajstić information content (AvgIpc) is 2.87. The molecule has 0 saturated carbocycles. The molecule has 0 fully saturated rings. The van der Waals surface area contributed by atoms with E-state index in [0.29, 0.717) is 0 Å². The molecule has 0 spiro atoms. The van der Waals surface area contributed by atoms with Crippen LogP contribution in [0.25, 0.3) is 21.2 Å². The molecule has 0 aliphatic rings. The third-order valence-corrected chi connectivity index (χ3v) is 8.12. The second-order valence-corrected chi connectivity index (χ2v) is 12.4. The lowest BCUT2D eigenvalue weighted by Gasteiger charge is -2.12. The molecule has 0 aliphatic heterocycles. The molecule has 0 unspecified atom stereocenters. The molecule has 0 aliphatic carbocycles. The minimum Gasteiger partial charge on any atom is -0.145 e. The SMILES string of the molecule is C[Si](C)(C)c1ccc(-c2cccc3ccccc23)s1. The van der Waals surface area contributed by atoms with E-state index in [4.69, 9.17) is 0 Å². The summed E-state index contributed by atoms with van der Waals surface area (Å²) in [6, 6.07) is 19.8. The van der Waals surface area contributed by atoms with Crippen LogP contribution in [0.4, 0.5) is 0 Å². The lowest BCUT2D eigenvalue weighted by atomic mass is 10.0. The van der Waals surface area contributed by atoms with Gasteiger partial charge in [-0.2, -0.15) is 0 Å². The van der Waals surface area contributed by atoms with E-state index in [-0.39, 0.29) is 0 Å². The molecule has 96 valence electrons. The van der Waals surface area contributed by atoms with Crippen molar-refractivity contribution < 1.29 is 0 Å². The van der Waals surface area contributed by atoms with E-state index in [1.807, 2.05) is 11.3 Å². The monoisotopic (exact) mass is 282 g/mol. The zero-order valence-corrected chi connectivity index (χ0v) is 13.4. The van der Waals surface area contributed by atoms with Gasteiger partial charge in [-0.15, -0.1) is 11.3 Å². The molecule has 2 heteroatoms. The van der Waals surface area contributed by atoms with E-state index in [0.717, 1.165) is 0 Å². The van der Waals surface area contributed by atoms with E-state index in [1.54, 1.807) is 4.50 Å². The summed E-state index contributed by atoms with van der Waals surface area (Å²) in [7, 11) is -1.19. The molecule has 0 radical (unpaired) electrons. The molecule has 1 aromatic heterocycles. The van der Waals surface area contributed by atoms with Crippen molar-refractivity contribution in [2.24, 2.45) is 0 Å². The van der Waals surface area contributed by atoms with E-state index in [1.165, 1.54) is 21.2 Å². The maximum Gasteiger partial charge on any atom is 0.0904 e. The van der Waals surface area contributed by atoms with Gasteiger partial charge in [0.25, 0.3) is 0 Å². The Morgan fingerprint density at radius 2 is 1.53 bits per heavy atom. The Hall–Kier alpha value is -1.38. The largest absolute Gasteiger partial charge is 0.145 e. The highest BCUT2D eigenvalue weighted by Crippen LogP contribution is 2.31. The zero-order chi connectivity index (χ0) is 13.5. The van der Waals surface area contributed by atoms with Crippen molar-refractivity contribution in [1.82, 2.24) is 0 Å². The van der Waals surface area contributed by atoms with Crippen LogP contribution in [0.1, 0.15) is 0 Å². The van der Waals surface area contributed by atoms with Gasteiger partial charge in [-0.1, -0.05) is 68.2 Å². The summed E-state index contributed by atoms with van der Waals surface area (Å²) in [5.41, 5.74) is 1.37. The highest BCUT2D eigenvalue weighted by Gasteiger charge is 2.19. The summed E-state index contributed by atoms with van der Waals surface area (Å²) in [6.07, 6.45) is 0. The van der Waals surface area contributed by atoms with Crippen LogP contribution in [0.3, 0.4) is 0 Å². The van der Waals surface area contributed by atoms with Gasteiger partial charge >= 0.3 is 0 Å². The number of thiophene rings is 1. The summed E-state index contributed by atoms with van der Waals surface area (Å²) in [4.78, 5) is 1.40. The van der Waals surface area contributed by atoms with E-state index >= 15 is 0 Å². The highest BCUT2D eigenvalue weighted by molar-refractivity contribution is 7.28. The van der Waals surface area contributed by atoms with Gasteiger partial charge in [-0.25, -0.2) is 0 Å². The van der Waals surface area contributed by atoms with Crippen LogP contribution in [-0.4, -0.2) is 8.07 Å². The number of hydrogen-bond donors (Lipinski definition) is 0. The first-order valence-electron chi connectivity index (χ1n) is 6.64. The minimum atomic E-state index is -1.19. The van der Waals surface area contributed by atoms with Crippen molar-refractivity contribution in [3.8, 4) is 10.4 Å². The van der Waals surface area contributed by atoms with Crippen molar-refractivity contribution in [3.05, 3.63) is 54.6 Å². The van der Waals surface area contributed by atoms with Gasteiger partial charge in [0.1, 0.15) is 0 Å². The lowest BCUT2D eigenvalue weighted by molar-refractivity contribution is 1.74. The van der Waals surface area contributed by atoms with Crippen molar-refractivity contribution in [2.45, 2.75) is 19.6 Å². The maximum absolute atomic E-state index is 2.41. The smallest absolute Gasteiger partial charge is 0.0904 e. The summed E-state index contributed by atoms with van der Waals surface area (Å²) in [5, 5.41) is 2.68. The fraction of sp³-hybridized carbons (Fsp3) is 0.176. The first-order chi connectivity index (χ1) is 9.05. The van der Waals surface area contributed by atoms with Gasteiger partial charge in [0.05, 0.1) is 8.07 Å². The number of rotatable bonds is 2. The molecule has 1 heterocycles. The molecule has 3 aromatic rings. The van der Waals surface area contributed by atoms with Crippen LogP contribution in [0.15, 0.2) is 54.6 Å². The van der Waals surface area contributed by atoms with Gasteiger partial charge in [-0.05, 0) is 26.9 Å². The third-order valence-electron chi connectivity index (χ3n) is 3.40. The molecular formula is C17H18SSi. The Balaban J connectivity index is 2.17. The van der Waals surface area contributed by atoms with Crippen molar-refractivity contribution in [2.75, 3.05) is 0 Å². The normalized spacial score (nSPS) is 11.9. The Bertz CT molecular complexity index is 714. The predicted molar refractivity (Wildman–Crippen MR) is 90.2 cm³/mol. The Morgan fingerprint density at radius 3 is 2.26 bits per heavy atom. The number of benzene rings is 2. The predicted octanol–water partition coefficient (Wildman–Crippen LogP) is 5.11. The molecule has 0 N–H and O–H groups in total. The average molecular weight is 282 g/mol. The maximum atomic E-state index is 2.41. The van der Waals surface area contributed by atoms with Crippen molar-refractivity contribution in [1.29, 1.82) is 0 Å². The van der Waals surface area contributed by atoms with Crippen LogP contribution in [-0.2, 0) is 0 Å². The molecule has 19 heavy (non-hydrogen) atoms. The molecule has 0 bridgehead atoms. The quantitative estimate of drug-likeness (QED) is 0.573. The summed E-state index contributed by atoms with van der Waals surface area (Å²) in [5.74, 6) is 0. The minimum absolute atomic E-state index is 1.19. The van der Waals surface area contributed by atoms with Crippen LogP contribution >= 0.6 is 11.3 Å². The summed E-state index contributed by atoms with van der Waals surface area (Å²) < 4.78 is 1.58. The highest BCUT2D eigenvalue weighted by atomic mass is 32.1. The second-order valence-electron chi connectivity index (χ2n) is 5.94. The number of fused-ring (bicyclic) bond motifs is 1. The first kappa shape index (κ1) is 12.6. The molecular weight excluding hydrogens is 264 g/mol. The Labute approximate surface area is 119 Å². The fourth-order valence-corrected chi connectivity index (χ4v) is 5.26. The fourth-order valence-electron chi connectivity index (χ4n) is 2.33. The van der Waals surface area contributed by atoms with Crippen molar-refractivity contribution >= 4 is 34.7 Å². The molecule has 0 saturated heterocycles. The van der Waals surface area contributed by atoms with Crippen LogP contribution in [0, 0.1) is 0 Å². The second kappa shape index (κ2) is 4.62. The van der Waals surface area contributed by atoms with Gasteiger partial charge in [0.15, 0.2) is 0 Å². The zero-order valence-electron chi connectivity index (χ0n) is 11.6. The van der Waals surface area contributed by atoms with E-state index in [9.17, 15) is 0 Å². The van der Waals surface area contributed by atoms with Gasteiger partial charge in [-0.3, -0.25) is 0 Å². The molecule has 3 rings (SSSR count). The van der Waals surface area contributed by atoms with Crippen LogP contribution in [0.5, 0.6) is 0 Å². The first-order valence-corrected chi connectivity index (χ1v) is 11.0. The van der Waals surface area contributed by atoms with Gasteiger partial charge in [0.2, 0.25) is 0 Å². The Kier molecular flexibility index (Phi) is 3.07. The topological polar surface area (TPSA) is 0 Å². The standard InChI is InChI=1S/C17H18SSi/c1-19(2,3)17-12-11-16(18-17)15-10-6-8-13-7-4-5-9-14(13)15/h4-12H,1-3H3. The summed E-state index contributed by atoms with van der Waals surface area (Å²) >= 11 is 1.97. The van der Waals surface area contributed by atoms with Crippen molar-refractivity contribution in [3.63, 3.8) is 0 Å². The number of hydrogen-bond acceptors (Lipinski definition) is 1. The van der Waals surface area contributed by atoms with Gasteiger partial charge < -0.3 is 0 Å². The molecule has 2 aromatic carbocycles. The third kappa shape index (κ3) is 2.38. The molecule has 0 amide bonds. The summed E-state index contributed by atoms with van der Waals surface area (Å²) in [6.45, 7) is 7.23.